The molecule has 84 valence electrons. The van der Waals surface area contributed by atoms with Crippen LogP contribution < -0.4 is 4.74 Å². The monoisotopic (exact) mass is 208 g/mol. The summed E-state index contributed by atoms with van der Waals surface area (Å²) in [5.74, 6) is 0.887. The average molecular weight is 208 g/mol. The highest BCUT2D eigenvalue weighted by Gasteiger charge is 2.18. The van der Waals surface area contributed by atoms with E-state index in [0.29, 0.717) is 0 Å². The molecule has 0 aliphatic carbocycles. The molecule has 0 unspecified atom stereocenters. The first-order chi connectivity index (χ1) is 6.98. The van der Waals surface area contributed by atoms with E-state index < -0.39 is 0 Å². The van der Waals surface area contributed by atoms with Crippen LogP contribution in [0.25, 0.3) is 0 Å². The summed E-state index contributed by atoms with van der Waals surface area (Å²) in [5, 5.41) is 9.22. The van der Waals surface area contributed by atoms with E-state index in [0.717, 1.165) is 12.2 Å². The molecule has 0 spiro atoms. The van der Waals surface area contributed by atoms with E-state index in [4.69, 9.17) is 4.74 Å². The second-order valence-electron chi connectivity index (χ2n) is 4.79. The van der Waals surface area contributed by atoms with Crippen LogP contribution in [0.2, 0.25) is 0 Å². The first-order valence-corrected chi connectivity index (χ1v) is 5.23. The largest absolute Gasteiger partial charge is 0.497 e. The number of aliphatic hydroxyl groups excluding tert-OH is 1. The van der Waals surface area contributed by atoms with Gasteiger partial charge in [-0.15, -0.1) is 0 Å². The SMILES string of the molecule is COc1ccc(CC(C)(C)CO)c(C)c1. The fourth-order valence-electron chi connectivity index (χ4n) is 1.57. The fraction of sp³-hybridized carbons (Fsp3) is 0.538. The molecule has 0 amide bonds. The number of rotatable bonds is 4. The molecule has 0 aliphatic heterocycles. The minimum atomic E-state index is -0.0562. The van der Waals surface area contributed by atoms with Crippen LogP contribution in [0.3, 0.4) is 0 Å². The topological polar surface area (TPSA) is 29.5 Å². The van der Waals surface area contributed by atoms with Gasteiger partial charge in [-0.2, -0.15) is 0 Å². The second-order valence-corrected chi connectivity index (χ2v) is 4.79. The molecule has 0 aromatic heterocycles. The van der Waals surface area contributed by atoms with E-state index in [9.17, 15) is 5.11 Å². The van der Waals surface area contributed by atoms with Gasteiger partial charge < -0.3 is 9.84 Å². The minimum absolute atomic E-state index is 0.0562. The Morgan fingerprint density at radius 1 is 1.33 bits per heavy atom. The number of aliphatic hydroxyl groups is 1. The minimum Gasteiger partial charge on any atom is -0.497 e. The summed E-state index contributed by atoms with van der Waals surface area (Å²) in [6.45, 7) is 6.41. The van der Waals surface area contributed by atoms with Gasteiger partial charge in [0.2, 0.25) is 0 Å². The Morgan fingerprint density at radius 2 is 2.00 bits per heavy atom. The second kappa shape index (κ2) is 4.67. The normalized spacial score (nSPS) is 11.5. The predicted octanol–water partition coefficient (Wildman–Crippen LogP) is 2.56. The van der Waals surface area contributed by atoms with Crippen molar-refractivity contribution < 1.29 is 9.84 Å². The van der Waals surface area contributed by atoms with E-state index in [2.05, 4.69) is 26.8 Å². The third kappa shape index (κ3) is 3.24. The Morgan fingerprint density at radius 3 is 2.47 bits per heavy atom. The van der Waals surface area contributed by atoms with Crippen LogP contribution >= 0.6 is 0 Å². The van der Waals surface area contributed by atoms with Crippen LogP contribution in [0.15, 0.2) is 18.2 Å². The van der Waals surface area contributed by atoms with Gasteiger partial charge >= 0.3 is 0 Å². The van der Waals surface area contributed by atoms with Gasteiger partial charge in [-0.1, -0.05) is 19.9 Å². The maximum Gasteiger partial charge on any atom is 0.119 e. The molecule has 0 saturated heterocycles. The van der Waals surface area contributed by atoms with Gasteiger partial charge in [0, 0.05) is 6.61 Å². The van der Waals surface area contributed by atoms with Crippen molar-refractivity contribution in [1.82, 2.24) is 0 Å². The molecule has 0 atom stereocenters. The van der Waals surface area contributed by atoms with Crippen LogP contribution in [-0.2, 0) is 6.42 Å². The molecule has 2 heteroatoms. The van der Waals surface area contributed by atoms with Crippen molar-refractivity contribution in [2.45, 2.75) is 27.2 Å². The summed E-state index contributed by atoms with van der Waals surface area (Å²) in [4.78, 5) is 0. The summed E-state index contributed by atoms with van der Waals surface area (Å²) < 4.78 is 5.16. The highest BCUT2D eigenvalue weighted by Crippen LogP contribution is 2.25. The smallest absolute Gasteiger partial charge is 0.119 e. The summed E-state index contributed by atoms with van der Waals surface area (Å²) in [7, 11) is 1.67. The first-order valence-electron chi connectivity index (χ1n) is 5.23. The number of benzene rings is 1. The van der Waals surface area contributed by atoms with Crippen LogP contribution in [0.5, 0.6) is 5.75 Å². The van der Waals surface area contributed by atoms with Crippen molar-refractivity contribution >= 4 is 0 Å². The molecule has 0 saturated carbocycles. The van der Waals surface area contributed by atoms with E-state index in [1.807, 2.05) is 12.1 Å². The Labute approximate surface area is 91.9 Å². The number of methoxy groups -OCH3 is 1. The van der Waals surface area contributed by atoms with Gasteiger partial charge in [-0.05, 0) is 42.0 Å². The summed E-state index contributed by atoms with van der Waals surface area (Å²) in [6.07, 6.45) is 0.888. The zero-order chi connectivity index (χ0) is 11.5. The van der Waals surface area contributed by atoms with Gasteiger partial charge in [-0.3, -0.25) is 0 Å². The molecular weight excluding hydrogens is 188 g/mol. The molecule has 15 heavy (non-hydrogen) atoms. The van der Waals surface area contributed by atoms with Crippen molar-refractivity contribution in [3.05, 3.63) is 29.3 Å². The van der Waals surface area contributed by atoms with Gasteiger partial charge in [0.1, 0.15) is 5.75 Å². The van der Waals surface area contributed by atoms with Crippen LogP contribution in [0.1, 0.15) is 25.0 Å². The zero-order valence-corrected chi connectivity index (χ0v) is 10.0. The Balaban J connectivity index is 2.87. The highest BCUT2D eigenvalue weighted by molar-refractivity contribution is 5.35. The van der Waals surface area contributed by atoms with Gasteiger partial charge in [0.15, 0.2) is 0 Å². The van der Waals surface area contributed by atoms with Crippen molar-refractivity contribution in [2.75, 3.05) is 13.7 Å². The molecule has 1 aromatic rings. The molecule has 0 aliphatic rings. The van der Waals surface area contributed by atoms with E-state index >= 15 is 0 Å². The summed E-state index contributed by atoms with van der Waals surface area (Å²) >= 11 is 0. The third-order valence-electron chi connectivity index (χ3n) is 2.65. The molecule has 0 bridgehead atoms. The summed E-state index contributed by atoms with van der Waals surface area (Å²) in [5.41, 5.74) is 2.44. The predicted molar refractivity (Wildman–Crippen MR) is 62.3 cm³/mol. The van der Waals surface area contributed by atoms with E-state index in [1.165, 1.54) is 11.1 Å². The standard InChI is InChI=1S/C13H20O2/c1-10-7-12(15-4)6-5-11(10)8-13(2,3)9-14/h5-7,14H,8-9H2,1-4H3. The maximum atomic E-state index is 9.22. The third-order valence-corrected chi connectivity index (χ3v) is 2.65. The van der Waals surface area contributed by atoms with Gasteiger partial charge in [0.05, 0.1) is 7.11 Å². The molecule has 2 nitrogen and oxygen atoms in total. The maximum absolute atomic E-state index is 9.22. The number of ether oxygens (including phenoxy) is 1. The lowest BCUT2D eigenvalue weighted by Gasteiger charge is -2.22. The Hall–Kier alpha value is -1.02. The number of hydrogen-bond donors (Lipinski definition) is 1. The van der Waals surface area contributed by atoms with Crippen LogP contribution in [0.4, 0.5) is 0 Å². The van der Waals surface area contributed by atoms with Gasteiger partial charge in [0.25, 0.3) is 0 Å². The zero-order valence-electron chi connectivity index (χ0n) is 10.0. The fourth-order valence-corrected chi connectivity index (χ4v) is 1.57. The van der Waals surface area contributed by atoms with Crippen molar-refractivity contribution in [3.63, 3.8) is 0 Å². The van der Waals surface area contributed by atoms with Crippen molar-refractivity contribution in [1.29, 1.82) is 0 Å². The molecule has 1 rings (SSSR count). The molecular formula is C13H20O2. The van der Waals surface area contributed by atoms with Crippen LogP contribution in [0, 0.1) is 12.3 Å². The number of hydrogen-bond acceptors (Lipinski definition) is 2. The van der Waals surface area contributed by atoms with E-state index in [-0.39, 0.29) is 12.0 Å². The molecule has 0 radical (unpaired) electrons. The molecule has 0 heterocycles. The van der Waals surface area contributed by atoms with Crippen LogP contribution in [-0.4, -0.2) is 18.8 Å². The summed E-state index contributed by atoms with van der Waals surface area (Å²) in [6, 6.07) is 6.07. The lowest BCUT2D eigenvalue weighted by molar-refractivity contribution is 0.159. The lowest BCUT2D eigenvalue weighted by Crippen LogP contribution is -2.20. The first kappa shape index (κ1) is 12.1. The lowest BCUT2D eigenvalue weighted by atomic mass is 9.85. The van der Waals surface area contributed by atoms with Crippen molar-refractivity contribution in [3.8, 4) is 5.75 Å². The highest BCUT2D eigenvalue weighted by atomic mass is 16.5. The Kier molecular flexibility index (Phi) is 3.75. The number of aryl methyl sites for hydroxylation is 1. The molecule has 1 aromatic carbocycles. The van der Waals surface area contributed by atoms with Gasteiger partial charge in [-0.25, -0.2) is 0 Å². The quantitative estimate of drug-likeness (QED) is 0.824. The average Bonchev–Trinajstić information content (AvgIpc) is 2.21. The van der Waals surface area contributed by atoms with E-state index in [1.54, 1.807) is 7.11 Å². The van der Waals surface area contributed by atoms with Crippen molar-refractivity contribution in [2.24, 2.45) is 5.41 Å². The molecule has 0 fully saturated rings. The molecule has 1 N–H and O–H groups in total. The Bertz CT molecular complexity index is 329.